The van der Waals surface area contributed by atoms with Gasteiger partial charge < -0.3 is 15.2 Å². The first kappa shape index (κ1) is 15.2. The van der Waals surface area contributed by atoms with Crippen molar-refractivity contribution < 1.29 is 4.52 Å². The zero-order chi connectivity index (χ0) is 14.4. The van der Waals surface area contributed by atoms with Gasteiger partial charge in [0.2, 0.25) is 5.89 Å². The number of hydrogen-bond donors (Lipinski definition) is 1. The summed E-state index contributed by atoms with van der Waals surface area (Å²) in [5, 5.41) is 4.13. The van der Waals surface area contributed by atoms with Gasteiger partial charge in [0, 0.05) is 23.8 Å². The van der Waals surface area contributed by atoms with Gasteiger partial charge >= 0.3 is 0 Å². The molecule has 1 unspecified atom stereocenters. The van der Waals surface area contributed by atoms with E-state index >= 15 is 0 Å². The summed E-state index contributed by atoms with van der Waals surface area (Å²) in [6, 6.07) is 6.22. The van der Waals surface area contributed by atoms with E-state index in [0.29, 0.717) is 11.8 Å². The van der Waals surface area contributed by atoms with Crippen LogP contribution in [0.5, 0.6) is 0 Å². The SMILES string of the molecule is CC(c1nc(C2CC2)no1)N1CCCc2c(N)cccc21.Cl. The Bertz CT molecular complexity index is 668. The highest BCUT2D eigenvalue weighted by atomic mass is 35.5. The van der Waals surface area contributed by atoms with Gasteiger partial charge in [-0.25, -0.2) is 0 Å². The number of fused-ring (bicyclic) bond motifs is 1. The van der Waals surface area contributed by atoms with E-state index in [1.165, 1.54) is 24.1 Å². The summed E-state index contributed by atoms with van der Waals surface area (Å²) in [4.78, 5) is 6.92. The molecule has 1 fully saturated rings. The van der Waals surface area contributed by atoms with Crippen molar-refractivity contribution in [2.24, 2.45) is 0 Å². The fourth-order valence-corrected chi connectivity index (χ4v) is 3.14. The van der Waals surface area contributed by atoms with E-state index in [2.05, 4.69) is 28.0 Å². The first-order valence-corrected chi connectivity index (χ1v) is 7.71. The Hall–Kier alpha value is -1.75. The third-order valence-electron chi connectivity index (χ3n) is 4.55. The van der Waals surface area contributed by atoms with Crippen LogP contribution in [0, 0.1) is 0 Å². The average molecular weight is 321 g/mol. The lowest BCUT2D eigenvalue weighted by Gasteiger charge is -2.35. The van der Waals surface area contributed by atoms with Crippen LogP contribution < -0.4 is 10.6 Å². The minimum Gasteiger partial charge on any atom is -0.398 e. The second-order valence-electron chi connectivity index (χ2n) is 6.08. The van der Waals surface area contributed by atoms with Crippen molar-refractivity contribution in [2.75, 3.05) is 17.2 Å². The number of hydrogen-bond acceptors (Lipinski definition) is 5. The van der Waals surface area contributed by atoms with Crippen LogP contribution in [0.2, 0.25) is 0 Å². The summed E-state index contributed by atoms with van der Waals surface area (Å²) >= 11 is 0. The molecule has 1 aromatic carbocycles. The second kappa shape index (κ2) is 5.80. The Morgan fingerprint density at radius 1 is 1.36 bits per heavy atom. The normalized spacial score (nSPS) is 18.5. The van der Waals surface area contributed by atoms with Crippen LogP contribution >= 0.6 is 12.4 Å². The summed E-state index contributed by atoms with van der Waals surface area (Å²) in [6.45, 7) is 3.13. The van der Waals surface area contributed by atoms with Crippen LogP contribution in [0.15, 0.2) is 22.7 Å². The van der Waals surface area contributed by atoms with Crippen molar-refractivity contribution in [3.8, 4) is 0 Å². The van der Waals surface area contributed by atoms with Crippen molar-refractivity contribution in [1.82, 2.24) is 10.1 Å². The largest absolute Gasteiger partial charge is 0.398 e. The van der Waals surface area contributed by atoms with Crippen LogP contribution in [-0.4, -0.2) is 16.7 Å². The summed E-state index contributed by atoms with van der Waals surface area (Å²) in [5.74, 6) is 2.12. The Morgan fingerprint density at radius 2 is 2.18 bits per heavy atom. The monoisotopic (exact) mass is 320 g/mol. The maximum absolute atomic E-state index is 6.12. The van der Waals surface area contributed by atoms with Gasteiger partial charge in [0.25, 0.3) is 0 Å². The molecule has 4 rings (SSSR count). The van der Waals surface area contributed by atoms with Crippen LogP contribution in [0.3, 0.4) is 0 Å². The number of nitrogens with two attached hydrogens (primary N) is 1. The zero-order valence-electron chi connectivity index (χ0n) is 12.7. The molecule has 1 aromatic heterocycles. The van der Waals surface area contributed by atoms with Gasteiger partial charge in [-0.15, -0.1) is 12.4 Å². The number of benzene rings is 1. The lowest BCUT2D eigenvalue weighted by atomic mass is 9.98. The summed E-state index contributed by atoms with van der Waals surface area (Å²) < 4.78 is 5.49. The molecule has 0 radical (unpaired) electrons. The zero-order valence-corrected chi connectivity index (χ0v) is 13.5. The molecule has 0 bridgehead atoms. The maximum Gasteiger partial charge on any atom is 0.249 e. The highest BCUT2D eigenvalue weighted by Gasteiger charge is 2.31. The number of nitrogens with zero attached hydrogens (tertiary/aromatic N) is 3. The van der Waals surface area contributed by atoms with Crippen LogP contribution in [-0.2, 0) is 6.42 Å². The van der Waals surface area contributed by atoms with Crippen LogP contribution in [0.1, 0.15) is 55.4 Å². The van der Waals surface area contributed by atoms with Crippen molar-refractivity contribution in [2.45, 2.75) is 44.6 Å². The van der Waals surface area contributed by atoms with Crippen molar-refractivity contribution in [1.29, 1.82) is 0 Å². The lowest BCUT2D eigenvalue weighted by molar-refractivity contribution is 0.349. The fraction of sp³-hybridized carbons (Fsp3) is 0.500. The molecule has 1 aliphatic heterocycles. The standard InChI is InChI=1S/C16H20N4O.ClH/c1-10(16-18-15(19-21-16)11-7-8-11)20-9-3-4-12-13(17)5-2-6-14(12)20;/h2,5-6,10-11H,3-4,7-9,17H2,1H3;1H. The number of anilines is 2. The Kier molecular flexibility index (Phi) is 4.00. The van der Waals surface area contributed by atoms with Crippen LogP contribution in [0.4, 0.5) is 11.4 Å². The van der Waals surface area contributed by atoms with E-state index in [9.17, 15) is 0 Å². The third kappa shape index (κ3) is 2.54. The van der Waals surface area contributed by atoms with Gasteiger partial charge in [-0.3, -0.25) is 0 Å². The molecular weight excluding hydrogens is 300 g/mol. The lowest BCUT2D eigenvalue weighted by Crippen LogP contribution is -2.32. The molecule has 2 aromatic rings. The number of nitrogen functional groups attached to an aromatic ring is 1. The van der Waals surface area contributed by atoms with E-state index in [-0.39, 0.29) is 18.4 Å². The predicted molar refractivity (Wildman–Crippen MR) is 88.5 cm³/mol. The molecule has 0 saturated heterocycles. The Labute approximate surface area is 136 Å². The highest BCUT2D eigenvalue weighted by molar-refractivity contribution is 5.85. The van der Waals surface area contributed by atoms with Gasteiger partial charge in [0.15, 0.2) is 5.82 Å². The Morgan fingerprint density at radius 3 is 2.95 bits per heavy atom. The van der Waals surface area contributed by atoms with Crippen molar-refractivity contribution >= 4 is 23.8 Å². The van der Waals surface area contributed by atoms with Gasteiger partial charge in [-0.05, 0) is 50.3 Å². The molecule has 5 nitrogen and oxygen atoms in total. The average Bonchev–Trinajstić information content (AvgIpc) is 3.24. The van der Waals surface area contributed by atoms with E-state index in [0.717, 1.165) is 30.9 Å². The Balaban J connectivity index is 0.00000144. The van der Waals surface area contributed by atoms with Crippen LogP contribution in [0.25, 0.3) is 0 Å². The van der Waals surface area contributed by atoms with Gasteiger partial charge in [-0.2, -0.15) is 4.98 Å². The smallest absolute Gasteiger partial charge is 0.249 e. The second-order valence-corrected chi connectivity index (χ2v) is 6.08. The first-order chi connectivity index (χ1) is 10.2. The van der Waals surface area contributed by atoms with E-state index in [1.54, 1.807) is 0 Å². The topological polar surface area (TPSA) is 68.2 Å². The number of halogens is 1. The summed E-state index contributed by atoms with van der Waals surface area (Å²) in [5.41, 5.74) is 9.46. The first-order valence-electron chi connectivity index (χ1n) is 7.71. The van der Waals surface area contributed by atoms with Crippen molar-refractivity contribution in [3.05, 3.63) is 35.5 Å². The number of rotatable bonds is 3. The fourth-order valence-electron chi connectivity index (χ4n) is 3.14. The molecule has 22 heavy (non-hydrogen) atoms. The van der Waals surface area contributed by atoms with E-state index in [1.807, 2.05) is 12.1 Å². The summed E-state index contributed by atoms with van der Waals surface area (Å²) in [6.07, 6.45) is 4.53. The van der Waals surface area contributed by atoms with Gasteiger partial charge in [0.1, 0.15) is 6.04 Å². The predicted octanol–water partition coefficient (Wildman–Crippen LogP) is 3.46. The van der Waals surface area contributed by atoms with Gasteiger partial charge in [-0.1, -0.05) is 11.2 Å². The highest BCUT2D eigenvalue weighted by Crippen LogP contribution is 2.40. The number of aromatic nitrogens is 2. The van der Waals surface area contributed by atoms with E-state index < -0.39 is 0 Å². The molecule has 118 valence electrons. The van der Waals surface area contributed by atoms with Gasteiger partial charge in [0.05, 0.1) is 0 Å². The molecule has 2 aliphatic rings. The molecule has 1 aliphatic carbocycles. The molecule has 6 heteroatoms. The molecule has 0 amide bonds. The minimum absolute atomic E-state index is 0. The molecule has 2 heterocycles. The minimum atomic E-state index is 0. The maximum atomic E-state index is 6.12. The van der Waals surface area contributed by atoms with E-state index in [4.69, 9.17) is 10.3 Å². The summed E-state index contributed by atoms with van der Waals surface area (Å²) in [7, 11) is 0. The third-order valence-corrected chi connectivity index (χ3v) is 4.55. The molecule has 2 N–H and O–H groups in total. The molecule has 0 spiro atoms. The van der Waals surface area contributed by atoms with Crippen molar-refractivity contribution in [3.63, 3.8) is 0 Å². The molecular formula is C16H21ClN4O. The molecule has 1 saturated carbocycles. The quantitative estimate of drug-likeness (QED) is 0.877. The molecule has 1 atom stereocenters.